The van der Waals surface area contributed by atoms with Crippen molar-refractivity contribution in [1.29, 1.82) is 0 Å². The molecular weight excluding hydrogens is 338 g/mol. The zero-order valence-electron chi connectivity index (χ0n) is 13.4. The monoisotopic (exact) mass is 355 g/mol. The van der Waals surface area contributed by atoms with Gasteiger partial charge >= 0.3 is 0 Å². The molecule has 1 aliphatic heterocycles. The van der Waals surface area contributed by atoms with E-state index in [1.165, 1.54) is 0 Å². The number of benzene rings is 1. The van der Waals surface area contributed by atoms with E-state index in [1.54, 1.807) is 28.4 Å². The summed E-state index contributed by atoms with van der Waals surface area (Å²) in [7, 11) is 0. The Morgan fingerprint density at radius 3 is 3.00 bits per heavy atom. The lowest BCUT2D eigenvalue weighted by molar-refractivity contribution is -0.115. The second kappa shape index (κ2) is 6.98. The van der Waals surface area contributed by atoms with Crippen LogP contribution in [0.3, 0.4) is 0 Å². The van der Waals surface area contributed by atoms with Crippen LogP contribution in [0, 0.1) is 0 Å². The lowest BCUT2D eigenvalue weighted by atomic mass is 10.2. The maximum Gasteiger partial charge on any atom is 0.229 e. The molecular formula is C18H17N3O3S. The Hall–Kier alpha value is -2.80. The molecule has 0 radical (unpaired) electrons. The highest BCUT2D eigenvalue weighted by Gasteiger charge is 2.21. The molecule has 6 nitrogen and oxygen atoms in total. The summed E-state index contributed by atoms with van der Waals surface area (Å²) in [4.78, 5) is 13.1. The van der Waals surface area contributed by atoms with Crippen LogP contribution in [0.15, 0.2) is 54.2 Å². The third-order valence-corrected chi connectivity index (χ3v) is 4.67. The van der Waals surface area contributed by atoms with Gasteiger partial charge in [0.2, 0.25) is 5.91 Å². The molecule has 1 N–H and O–H groups in total. The average Bonchev–Trinajstić information content (AvgIpc) is 3.27. The third-order valence-electron chi connectivity index (χ3n) is 3.79. The first kappa shape index (κ1) is 15.7. The van der Waals surface area contributed by atoms with Crippen molar-refractivity contribution < 1.29 is 14.3 Å². The Bertz CT molecular complexity index is 860. The molecule has 2 aromatic heterocycles. The number of hydrogen-bond donors (Lipinski definition) is 1. The molecule has 3 aromatic rings. The van der Waals surface area contributed by atoms with Gasteiger partial charge in [0.1, 0.15) is 6.61 Å². The largest absolute Gasteiger partial charge is 0.486 e. The molecule has 25 heavy (non-hydrogen) atoms. The van der Waals surface area contributed by atoms with Crippen molar-refractivity contribution in [2.24, 2.45) is 0 Å². The molecule has 1 atom stereocenters. The highest BCUT2D eigenvalue weighted by atomic mass is 32.1. The van der Waals surface area contributed by atoms with Gasteiger partial charge in [0.05, 0.1) is 24.8 Å². The summed E-state index contributed by atoms with van der Waals surface area (Å²) in [6.07, 6.45) is 3.70. The molecule has 0 fully saturated rings. The lowest BCUT2D eigenvalue weighted by Gasteiger charge is -2.26. The van der Waals surface area contributed by atoms with E-state index in [0.717, 1.165) is 16.4 Å². The normalized spacial score (nSPS) is 15.8. The quantitative estimate of drug-likeness (QED) is 0.764. The highest BCUT2D eigenvalue weighted by Crippen LogP contribution is 2.31. The van der Waals surface area contributed by atoms with Gasteiger partial charge < -0.3 is 14.8 Å². The second-order valence-electron chi connectivity index (χ2n) is 5.75. The minimum atomic E-state index is -0.121. The maximum absolute atomic E-state index is 12.0. The minimum Gasteiger partial charge on any atom is -0.486 e. The Morgan fingerprint density at radius 2 is 2.16 bits per heavy atom. The Kier molecular flexibility index (Phi) is 4.39. The fraction of sp³-hybridized carbons (Fsp3) is 0.222. The summed E-state index contributed by atoms with van der Waals surface area (Å²) in [5.74, 6) is 1.46. The van der Waals surface area contributed by atoms with Crippen LogP contribution >= 0.6 is 11.3 Å². The highest BCUT2D eigenvalue weighted by molar-refractivity contribution is 7.10. The van der Waals surface area contributed by atoms with Crippen LogP contribution in [0.2, 0.25) is 0 Å². The molecule has 1 aromatic carbocycles. The zero-order valence-corrected chi connectivity index (χ0v) is 14.2. The first-order valence-electron chi connectivity index (χ1n) is 7.99. The van der Waals surface area contributed by atoms with Crippen LogP contribution in [-0.4, -0.2) is 28.4 Å². The predicted molar refractivity (Wildman–Crippen MR) is 95.2 cm³/mol. The Morgan fingerprint density at radius 1 is 1.28 bits per heavy atom. The van der Waals surface area contributed by atoms with Gasteiger partial charge in [-0.15, -0.1) is 11.3 Å². The summed E-state index contributed by atoms with van der Waals surface area (Å²) in [6.45, 7) is 1.02. The summed E-state index contributed by atoms with van der Waals surface area (Å²) in [5, 5.41) is 9.11. The molecule has 0 spiro atoms. The van der Waals surface area contributed by atoms with Crippen molar-refractivity contribution in [1.82, 2.24) is 9.78 Å². The van der Waals surface area contributed by atoms with E-state index in [9.17, 15) is 4.79 Å². The van der Waals surface area contributed by atoms with Crippen molar-refractivity contribution >= 4 is 22.9 Å². The number of anilines is 1. The topological polar surface area (TPSA) is 65.4 Å². The number of thiophene rings is 1. The van der Waals surface area contributed by atoms with Crippen LogP contribution in [-0.2, 0) is 17.8 Å². The number of fused-ring (bicyclic) bond motifs is 1. The van der Waals surface area contributed by atoms with Crippen molar-refractivity contribution in [3.63, 3.8) is 0 Å². The number of hydrogen-bond acceptors (Lipinski definition) is 5. The summed E-state index contributed by atoms with van der Waals surface area (Å²) < 4.78 is 13.4. The molecule has 1 aliphatic rings. The second-order valence-corrected chi connectivity index (χ2v) is 6.79. The number of carbonyl (C=O) groups is 1. The summed E-state index contributed by atoms with van der Waals surface area (Å²) in [5.41, 5.74) is 0.679. The molecule has 0 aliphatic carbocycles. The van der Waals surface area contributed by atoms with Gasteiger partial charge in [-0.2, -0.15) is 5.10 Å². The molecule has 0 saturated heterocycles. The molecule has 0 saturated carbocycles. The van der Waals surface area contributed by atoms with E-state index in [4.69, 9.17) is 9.47 Å². The fourth-order valence-corrected chi connectivity index (χ4v) is 3.37. The first-order valence-corrected chi connectivity index (χ1v) is 8.87. The van der Waals surface area contributed by atoms with E-state index in [1.807, 2.05) is 41.8 Å². The molecule has 128 valence electrons. The van der Waals surface area contributed by atoms with E-state index >= 15 is 0 Å². The van der Waals surface area contributed by atoms with Crippen molar-refractivity contribution in [3.8, 4) is 11.5 Å². The number of amides is 1. The molecule has 0 unspecified atom stereocenters. The van der Waals surface area contributed by atoms with Gasteiger partial charge in [0, 0.05) is 11.1 Å². The molecule has 3 heterocycles. The fourth-order valence-electron chi connectivity index (χ4n) is 2.67. The van der Waals surface area contributed by atoms with Crippen molar-refractivity contribution in [3.05, 3.63) is 59.0 Å². The third kappa shape index (κ3) is 3.83. The Labute approximate surface area is 149 Å². The van der Waals surface area contributed by atoms with E-state index in [0.29, 0.717) is 25.3 Å². The van der Waals surface area contributed by atoms with E-state index < -0.39 is 0 Å². The van der Waals surface area contributed by atoms with Gasteiger partial charge in [-0.1, -0.05) is 18.2 Å². The number of nitrogens with one attached hydrogen (secondary N) is 1. The van der Waals surface area contributed by atoms with Crippen LogP contribution in [0.1, 0.15) is 4.88 Å². The van der Waals surface area contributed by atoms with Crippen molar-refractivity contribution in [2.45, 2.75) is 19.1 Å². The van der Waals surface area contributed by atoms with Crippen LogP contribution in [0.5, 0.6) is 11.5 Å². The van der Waals surface area contributed by atoms with Gasteiger partial charge in [0.25, 0.3) is 0 Å². The maximum atomic E-state index is 12.0. The number of ether oxygens (including phenoxy) is 2. The SMILES string of the molecule is O=C(Cc1cccs1)Nc1cnn(C[C@H]2COc3ccccc3O2)c1. The minimum absolute atomic E-state index is 0.0480. The molecule has 4 rings (SSSR count). The predicted octanol–water partition coefficient (Wildman–Crippen LogP) is 2.97. The molecule has 0 bridgehead atoms. The molecule has 1 amide bonds. The van der Waals surface area contributed by atoms with Gasteiger partial charge in [-0.3, -0.25) is 9.48 Å². The average molecular weight is 355 g/mol. The number of nitrogens with zero attached hydrogens (tertiary/aromatic N) is 2. The van der Waals surface area contributed by atoms with Crippen molar-refractivity contribution in [2.75, 3.05) is 11.9 Å². The first-order chi connectivity index (χ1) is 12.3. The standard InChI is InChI=1S/C18H17N3O3S/c22-18(8-15-4-3-7-25-15)20-13-9-19-21(10-13)11-14-12-23-16-5-1-2-6-17(16)24-14/h1-7,9-10,14H,8,11-12H2,(H,20,22)/t14-/m0/s1. The summed E-state index contributed by atoms with van der Waals surface area (Å²) in [6, 6.07) is 11.5. The van der Waals surface area contributed by atoms with Crippen LogP contribution in [0.4, 0.5) is 5.69 Å². The van der Waals surface area contributed by atoms with E-state index in [2.05, 4.69) is 10.4 Å². The number of rotatable bonds is 5. The lowest BCUT2D eigenvalue weighted by Crippen LogP contribution is -2.33. The van der Waals surface area contributed by atoms with Crippen LogP contribution in [0.25, 0.3) is 0 Å². The van der Waals surface area contributed by atoms with E-state index in [-0.39, 0.29) is 12.0 Å². The zero-order chi connectivity index (χ0) is 17.1. The molecule has 7 heteroatoms. The number of carbonyl (C=O) groups excluding carboxylic acids is 1. The Balaban J connectivity index is 1.33. The van der Waals surface area contributed by atoms with Gasteiger partial charge in [-0.05, 0) is 23.6 Å². The smallest absolute Gasteiger partial charge is 0.229 e. The van der Waals surface area contributed by atoms with Gasteiger partial charge in [0.15, 0.2) is 17.6 Å². The number of para-hydroxylation sites is 2. The van der Waals surface area contributed by atoms with Crippen LogP contribution < -0.4 is 14.8 Å². The number of aromatic nitrogens is 2. The van der Waals surface area contributed by atoms with Gasteiger partial charge in [-0.25, -0.2) is 0 Å². The summed E-state index contributed by atoms with van der Waals surface area (Å²) >= 11 is 1.57.